The lowest BCUT2D eigenvalue weighted by Crippen LogP contribution is -2.12. The number of halogens is 4. The first kappa shape index (κ1) is 15.3. The van der Waals surface area contributed by atoms with Crippen LogP contribution in [0.25, 0.3) is 0 Å². The molecule has 0 unspecified atom stereocenters. The van der Waals surface area contributed by atoms with Gasteiger partial charge in [-0.05, 0) is 6.92 Å². The number of pyridine rings is 1. The van der Waals surface area contributed by atoms with Gasteiger partial charge in [0.15, 0.2) is 5.69 Å². The summed E-state index contributed by atoms with van der Waals surface area (Å²) in [7, 11) is 0. The van der Waals surface area contributed by atoms with Gasteiger partial charge in [0.05, 0.1) is 11.2 Å². The van der Waals surface area contributed by atoms with E-state index in [0.29, 0.717) is 17.6 Å². The van der Waals surface area contributed by atoms with Gasteiger partial charge in [-0.15, -0.1) is 0 Å². The Morgan fingerprint density at radius 1 is 1.24 bits per heavy atom. The summed E-state index contributed by atoms with van der Waals surface area (Å²) in [6.07, 6.45) is -1.91. The predicted octanol–water partition coefficient (Wildman–Crippen LogP) is 3.77. The van der Waals surface area contributed by atoms with Gasteiger partial charge in [-0.2, -0.15) is 18.2 Å². The zero-order valence-corrected chi connectivity index (χ0v) is 11.5. The van der Waals surface area contributed by atoms with E-state index < -0.39 is 11.9 Å². The van der Waals surface area contributed by atoms with E-state index in [2.05, 4.69) is 20.3 Å². The highest BCUT2D eigenvalue weighted by atomic mass is 35.5. The Morgan fingerprint density at radius 2 is 2.00 bits per heavy atom. The van der Waals surface area contributed by atoms with Crippen LogP contribution in [0.5, 0.6) is 11.6 Å². The molecule has 112 valence electrons. The molecule has 0 aliphatic carbocycles. The molecule has 5 nitrogen and oxygen atoms in total. The maximum atomic E-state index is 12.8. The summed E-state index contributed by atoms with van der Waals surface area (Å²) in [4.78, 5) is 11.0. The highest BCUT2D eigenvalue weighted by Gasteiger charge is 2.34. The van der Waals surface area contributed by atoms with E-state index in [1.54, 1.807) is 6.92 Å². The van der Waals surface area contributed by atoms with Crippen LogP contribution in [0.3, 0.4) is 0 Å². The number of hydrogen-bond acceptors (Lipinski definition) is 5. The van der Waals surface area contributed by atoms with Crippen molar-refractivity contribution in [2.75, 3.05) is 11.9 Å². The van der Waals surface area contributed by atoms with Crippen molar-refractivity contribution in [1.29, 1.82) is 0 Å². The second-order valence-corrected chi connectivity index (χ2v) is 4.32. The minimum Gasteiger partial charge on any atom is -0.437 e. The van der Waals surface area contributed by atoms with Crippen molar-refractivity contribution < 1.29 is 17.9 Å². The van der Waals surface area contributed by atoms with Crippen LogP contribution < -0.4 is 10.1 Å². The Kier molecular flexibility index (Phi) is 4.46. The van der Waals surface area contributed by atoms with Gasteiger partial charge in [0.2, 0.25) is 11.8 Å². The first-order chi connectivity index (χ1) is 9.88. The van der Waals surface area contributed by atoms with E-state index in [1.807, 2.05) is 0 Å². The molecule has 2 rings (SSSR count). The fourth-order valence-corrected chi connectivity index (χ4v) is 1.59. The van der Waals surface area contributed by atoms with Crippen LogP contribution in [0, 0.1) is 0 Å². The summed E-state index contributed by atoms with van der Waals surface area (Å²) in [6, 6.07) is 2.12. The van der Waals surface area contributed by atoms with Crippen molar-refractivity contribution in [2.45, 2.75) is 13.1 Å². The molecule has 1 N–H and O–H groups in total. The van der Waals surface area contributed by atoms with Crippen LogP contribution in [0.1, 0.15) is 12.6 Å². The monoisotopic (exact) mass is 318 g/mol. The third kappa shape index (κ3) is 4.19. The fraction of sp³-hybridized carbons (Fsp3) is 0.250. The molecule has 2 heterocycles. The lowest BCUT2D eigenvalue weighted by atomic mass is 10.4. The van der Waals surface area contributed by atoms with Crippen molar-refractivity contribution >= 4 is 17.5 Å². The molecular formula is C12H10ClF3N4O. The average molecular weight is 319 g/mol. The van der Waals surface area contributed by atoms with Crippen LogP contribution in [0.4, 0.5) is 19.1 Å². The van der Waals surface area contributed by atoms with Gasteiger partial charge < -0.3 is 10.1 Å². The van der Waals surface area contributed by atoms with Gasteiger partial charge in [0, 0.05) is 24.9 Å². The number of alkyl halides is 3. The lowest BCUT2D eigenvalue weighted by Gasteiger charge is -2.11. The summed E-state index contributed by atoms with van der Waals surface area (Å²) in [5, 5.41) is 2.91. The van der Waals surface area contributed by atoms with Gasteiger partial charge in [-0.3, -0.25) is 4.98 Å². The molecule has 0 aliphatic heterocycles. The lowest BCUT2D eigenvalue weighted by molar-refractivity contribution is -0.141. The van der Waals surface area contributed by atoms with E-state index in [9.17, 15) is 13.2 Å². The first-order valence-electron chi connectivity index (χ1n) is 5.87. The summed E-state index contributed by atoms with van der Waals surface area (Å²) in [5.41, 5.74) is -1.10. The normalized spacial score (nSPS) is 11.3. The molecule has 9 heteroatoms. The van der Waals surface area contributed by atoms with Gasteiger partial charge in [-0.25, -0.2) is 4.98 Å². The van der Waals surface area contributed by atoms with E-state index in [-0.39, 0.29) is 17.6 Å². The van der Waals surface area contributed by atoms with Gasteiger partial charge in [-0.1, -0.05) is 11.6 Å². The van der Waals surface area contributed by atoms with Crippen molar-refractivity contribution in [2.24, 2.45) is 0 Å². The smallest absolute Gasteiger partial charge is 0.433 e. The highest BCUT2D eigenvalue weighted by Crippen LogP contribution is 2.31. The van der Waals surface area contributed by atoms with Crippen LogP contribution in [0.15, 0.2) is 24.5 Å². The van der Waals surface area contributed by atoms with Crippen molar-refractivity contribution in [1.82, 2.24) is 15.0 Å². The molecule has 0 atom stereocenters. The summed E-state index contributed by atoms with van der Waals surface area (Å²) in [6.45, 7) is 2.09. The SMILES string of the molecule is CCNc1nc(Oc2cncc(Cl)c2)cc(C(F)(F)F)n1. The fourth-order valence-electron chi connectivity index (χ4n) is 1.43. The first-order valence-corrected chi connectivity index (χ1v) is 6.25. The Labute approximate surface area is 123 Å². The number of aromatic nitrogens is 3. The maximum Gasteiger partial charge on any atom is 0.433 e. The van der Waals surface area contributed by atoms with Crippen LogP contribution >= 0.6 is 11.6 Å². The molecule has 0 aliphatic rings. The molecule has 0 saturated carbocycles. The Hall–Kier alpha value is -2.09. The van der Waals surface area contributed by atoms with Crippen LogP contribution in [0.2, 0.25) is 5.02 Å². The Bertz CT molecular complexity index is 636. The molecule has 0 bridgehead atoms. The van der Waals surface area contributed by atoms with Gasteiger partial charge in [0.25, 0.3) is 0 Å². The second kappa shape index (κ2) is 6.13. The molecule has 2 aromatic rings. The van der Waals surface area contributed by atoms with Crippen molar-refractivity contribution in [3.05, 3.63) is 35.2 Å². The molecule has 0 saturated heterocycles. The zero-order valence-electron chi connectivity index (χ0n) is 10.8. The van der Waals surface area contributed by atoms with E-state index in [4.69, 9.17) is 16.3 Å². The topological polar surface area (TPSA) is 59.9 Å². The minimum absolute atomic E-state index is 0.169. The number of ether oxygens (including phenoxy) is 1. The van der Waals surface area contributed by atoms with Gasteiger partial charge in [0.1, 0.15) is 5.75 Å². The number of anilines is 1. The van der Waals surface area contributed by atoms with Crippen molar-refractivity contribution in [3.8, 4) is 11.6 Å². The second-order valence-electron chi connectivity index (χ2n) is 3.88. The van der Waals surface area contributed by atoms with Crippen molar-refractivity contribution in [3.63, 3.8) is 0 Å². The number of rotatable bonds is 4. The standard InChI is InChI=1S/C12H10ClF3N4O/c1-2-18-11-19-9(12(14,15)16)4-10(20-11)21-8-3-7(13)5-17-6-8/h3-6H,2H2,1H3,(H,18,19,20). The molecule has 0 fully saturated rings. The minimum atomic E-state index is -4.60. The summed E-state index contributed by atoms with van der Waals surface area (Å²) in [5.74, 6) is -0.244. The number of hydrogen-bond donors (Lipinski definition) is 1. The number of nitrogens with zero attached hydrogens (tertiary/aromatic N) is 3. The zero-order chi connectivity index (χ0) is 15.5. The van der Waals surface area contributed by atoms with Crippen LogP contribution in [-0.2, 0) is 6.18 Å². The molecule has 0 amide bonds. The number of nitrogens with one attached hydrogen (secondary N) is 1. The molecule has 0 spiro atoms. The highest BCUT2D eigenvalue weighted by molar-refractivity contribution is 6.30. The van der Waals surface area contributed by atoms with E-state index in [1.165, 1.54) is 18.5 Å². The summed E-state index contributed by atoms with van der Waals surface area (Å²) < 4.78 is 43.6. The summed E-state index contributed by atoms with van der Waals surface area (Å²) >= 11 is 5.73. The Balaban J connectivity index is 2.35. The average Bonchev–Trinajstić information content (AvgIpc) is 2.37. The molecule has 0 radical (unpaired) electrons. The predicted molar refractivity (Wildman–Crippen MR) is 70.5 cm³/mol. The molecule has 2 aromatic heterocycles. The maximum absolute atomic E-state index is 12.8. The molecule has 21 heavy (non-hydrogen) atoms. The van der Waals surface area contributed by atoms with E-state index >= 15 is 0 Å². The van der Waals surface area contributed by atoms with Crippen LogP contribution in [-0.4, -0.2) is 21.5 Å². The Morgan fingerprint density at radius 3 is 2.62 bits per heavy atom. The quantitative estimate of drug-likeness (QED) is 0.930. The third-order valence-corrected chi connectivity index (χ3v) is 2.44. The molecular weight excluding hydrogens is 309 g/mol. The van der Waals surface area contributed by atoms with E-state index in [0.717, 1.165) is 0 Å². The largest absolute Gasteiger partial charge is 0.437 e. The molecule has 0 aromatic carbocycles. The van der Waals surface area contributed by atoms with Gasteiger partial charge >= 0.3 is 6.18 Å². The third-order valence-electron chi connectivity index (χ3n) is 2.23.